The fourth-order valence-electron chi connectivity index (χ4n) is 3.22. The van der Waals surface area contributed by atoms with Crippen molar-refractivity contribution in [2.75, 3.05) is 19.0 Å². The molecule has 0 aliphatic rings. The molecule has 3 aromatic carbocycles. The van der Waals surface area contributed by atoms with Gasteiger partial charge in [0.1, 0.15) is 29.0 Å². The van der Waals surface area contributed by atoms with Crippen LogP contribution in [0.15, 0.2) is 70.7 Å². The van der Waals surface area contributed by atoms with Crippen LogP contribution >= 0.6 is 15.9 Å². The molecule has 0 atom stereocenters. The number of methoxy groups -OCH3 is 1. The zero-order valence-corrected chi connectivity index (χ0v) is 19.8. The van der Waals surface area contributed by atoms with E-state index >= 15 is 0 Å². The van der Waals surface area contributed by atoms with Gasteiger partial charge in [-0.05, 0) is 66.6 Å². The monoisotopic (exact) mass is 508 g/mol. The highest BCUT2D eigenvalue weighted by atomic mass is 79.9. The number of hydrogen-bond donors (Lipinski definition) is 1. The molecule has 3 aromatic rings. The molecule has 0 radical (unpaired) electrons. The Bertz CT molecular complexity index is 1220. The number of amides is 1. The Balaban J connectivity index is 1.84. The summed E-state index contributed by atoms with van der Waals surface area (Å²) in [5.74, 6) is 0.377. The van der Waals surface area contributed by atoms with E-state index in [9.17, 15) is 14.4 Å². The van der Waals surface area contributed by atoms with Gasteiger partial charge in [-0.15, -0.1) is 0 Å². The lowest BCUT2D eigenvalue weighted by atomic mass is 10.0. The molecule has 168 valence electrons. The van der Waals surface area contributed by atoms with E-state index in [1.807, 2.05) is 13.0 Å². The molecule has 0 aliphatic heterocycles. The van der Waals surface area contributed by atoms with E-state index in [1.54, 1.807) is 54.6 Å². The van der Waals surface area contributed by atoms with Gasteiger partial charge >= 0.3 is 0 Å². The minimum Gasteiger partial charge on any atom is -0.496 e. The maximum absolute atomic E-state index is 14.1. The molecule has 0 heterocycles. The molecule has 1 amide bonds. The van der Waals surface area contributed by atoms with Gasteiger partial charge in [0.2, 0.25) is 0 Å². The highest BCUT2D eigenvalue weighted by molar-refractivity contribution is 9.10. The summed E-state index contributed by atoms with van der Waals surface area (Å²) in [4.78, 5) is 12.6. The van der Waals surface area contributed by atoms with E-state index in [2.05, 4.69) is 21.2 Å². The van der Waals surface area contributed by atoms with Crippen LogP contribution in [-0.4, -0.2) is 19.6 Å². The molecule has 0 saturated heterocycles. The Morgan fingerprint density at radius 2 is 1.91 bits per heavy atom. The van der Waals surface area contributed by atoms with Gasteiger partial charge in [-0.3, -0.25) is 4.79 Å². The molecule has 33 heavy (non-hydrogen) atoms. The van der Waals surface area contributed by atoms with Crippen molar-refractivity contribution in [2.45, 2.75) is 13.3 Å². The highest BCUT2D eigenvalue weighted by Crippen LogP contribution is 2.32. The molecule has 7 heteroatoms. The SMILES string of the molecule is CCOc1ccc(NC(=O)/C(C#N)=C/c2cc(Br)c(Cc3ccccc3F)c(OC)c2)cc1. The van der Waals surface area contributed by atoms with E-state index in [1.165, 1.54) is 19.3 Å². The summed E-state index contributed by atoms with van der Waals surface area (Å²) in [7, 11) is 1.52. The zero-order chi connectivity index (χ0) is 23.8. The smallest absolute Gasteiger partial charge is 0.266 e. The Kier molecular flexibility index (Phi) is 8.22. The predicted molar refractivity (Wildman–Crippen MR) is 130 cm³/mol. The van der Waals surface area contributed by atoms with Crippen LogP contribution in [0.2, 0.25) is 0 Å². The Hall–Kier alpha value is -3.63. The van der Waals surface area contributed by atoms with Crippen LogP contribution in [0.4, 0.5) is 10.1 Å². The number of nitrogens with zero attached hydrogens (tertiary/aromatic N) is 1. The lowest BCUT2D eigenvalue weighted by Crippen LogP contribution is -2.13. The molecule has 0 fully saturated rings. The summed E-state index contributed by atoms with van der Waals surface area (Å²) in [6, 6.07) is 18.8. The van der Waals surface area contributed by atoms with Crippen molar-refractivity contribution >= 4 is 33.6 Å². The summed E-state index contributed by atoms with van der Waals surface area (Å²) < 4.78 is 25.7. The summed E-state index contributed by atoms with van der Waals surface area (Å²) in [5.41, 5.74) is 2.36. The second-order valence-electron chi connectivity index (χ2n) is 7.03. The van der Waals surface area contributed by atoms with Crippen LogP contribution < -0.4 is 14.8 Å². The third kappa shape index (κ3) is 6.21. The molecule has 5 nitrogen and oxygen atoms in total. The maximum Gasteiger partial charge on any atom is 0.266 e. The summed E-state index contributed by atoms with van der Waals surface area (Å²) in [5, 5.41) is 12.2. The summed E-state index contributed by atoms with van der Waals surface area (Å²) in [6.45, 7) is 2.44. The molecule has 3 rings (SSSR count). The van der Waals surface area contributed by atoms with Crippen LogP contribution in [0.3, 0.4) is 0 Å². The van der Waals surface area contributed by atoms with Gasteiger partial charge in [0.15, 0.2) is 0 Å². The third-order valence-corrected chi connectivity index (χ3v) is 5.53. The van der Waals surface area contributed by atoms with Gasteiger partial charge in [-0.1, -0.05) is 34.1 Å². The first-order chi connectivity index (χ1) is 15.9. The van der Waals surface area contributed by atoms with Crippen LogP contribution in [-0.2, 0) is 11.2 Å². The van der Waals surface area contributed by atoms with Crippen molar-refractivity contribution in [3.8, 4) is 17.6 Å². The number of ether oxygens (including phenoxy) is 2. The molecule has 0 saturated carbocycles. The van der Waals surface area contributed by atoms with Crippen molar-refractivity contribution in [3.05, 3.63) is 93.2 Å². The van der Waals surface area contributed by atoms with E-state index in [0.717, 1.165) is 5.56 Å². The number of benzene rings is 3. The average molecular weight is 509 g/mol. The quantitative estimate of drug-likeness (QED) is 0.293. The number of rotatable bonds is 8. The minimum absolute atomic E-state index is 0.0697. The van der Waals surface area contributed by atoms with Gasteiger partial charge in [0.05, 0.1) is 13.7 Å². The fraction of sp³-hybridized carbons (Fsp3) is 0.154. The minimum atomic E-state index is -0.535. The topological polar surface area (TPSA) is 71.3 Å². The van der Waals surface area contributed by atoms with Gasteiger partial charge in [0, 0.05) is 22.1 Å². The Labute approximate surface area is 200 Å². The van der Waals surface area contributed by atoms with Crippen LogP contribution in [0.25, 0.3) is 6.08 Å². The standard InChI is InChI=1S/C26H22BrFN2O3/c1-3-33-21-10-8-20(9-11-21)30-26(31)19(16-29)12-17-13-23(27)22(25(14-17)32-2)15-18-6-4-5-7-24(18)28/h4-14H,3,15H2,1-2H3,(H,30,31)/b19-12+. The van der Waals surface area contributed by atoms with Crippen molar-refractivity contribution in [1.29, 1.82) is 5.26 Å². The summed E-state index contributed by atoms with van der Waals surface area (Å²) >= 11 is 3.52. The molecule has 0 aromatic heterocycles. The number of anilines is 1. The van der Waals surface area contributed by atoms with Gasteiger partial charge in [-0.25, -0.2) is 4.39 Å². The van der Waals surface area contributed by atoms with E-state index in [0.29, 0.717) is 45.8 Å². The van der Waals surface area contributed by atoms with Crippen LogP contribution in [0, 0.1) is 17.1 Å². The van der Waals surface area contributed by atoms with Gasteiger partial charge < -0.3 is 14.8 Å². The van der Waals surface area contributed by atoms with Crippen LogP contribution in [0.1, 0.15) is 23.6 Å². The summed E-state index contributed by atoms with van der Waals surface area (Å²) in [6.07, 6.45) is 1.80. The molecular formula is C26H22BrFN2O3. The highest BCUT2D eigenvalue weighted by Gasteiger charge is 2.15. The number of carbonyl (C=O) groups excluding carboxylic acids is 1. The largest absolute Gasteiger partial charge is 0.496 e. The van der Waals surface area contributed by atoms with Crippen molar-refractivity contribution in [1.82, 2.24) is 0 Å². The van der Waals surface area contributed by atoms with Crippen molar-refractivity contribution < 1.29 is 18.7 Å². The Morgan fingerprint density at radius 3 is 2.55 bits per heavy atom. The van der Waals surface area contributed by atoms with E-state index < -0.39 is 5.91 Å². The lowest BCUT2D eigenvalue weighted by molar-refractivity contribution is -0.112. The molecule has 0 spiro atoms. The average Bonchev–Trinajstić information content (AvgIpc) is 2.81. The van der Waals surface area contributed by atoms with Crippen molar-refractivity contribution in [2.24, 2.45) is 0 Å². The zero-order valence-electron chi connectivity index (χ0n) is 18.2. The molecule has 1 N–H and O–H groups in total. The predicted octanol–water partition coefficient (Wildman–Crippen LogP) is 6.13. The maximum atomic E-state index is 14.1. The van der Waals surface area contributed by atoms with E-state index in [-0.39, 0.29) is 11.4 Å². The normalized spacial score (nSPS) is 10.9. The molecule has 0 aliphatic carbocycles. The second kappa shape index (κ2) is 11.3. The van der Waals surface area contributed by atoms with E-state index in [4.69, 9.17) is 9.47 Å². The number of nitriles is 1. The number of hydrogen-bond acceptors (Lipinski definition) is 4. The van der Waals surface area contributed by atoms with Crippen LogP contribution in [0.5, 0.6) is 11.5 Å². The fourth-order valence-corrected chi connectivity index (χ4v) is 3.82. The number of nitrogens with one attached hydrogen (secondary N) is 1. The first kappa shape index (κ1) is 24.0. The lowest BCUT2D eigenvalue weighted by Gasteiger charge is -2.13. The molecular weight excluding hydrogens is 487 g/mol. The molecule has 0 unspecified atom stereocenters. The second-order valence-corrected chi connectivity index (χ2v) is 7.89. The first-order valence-corrected chi connectivity index (χ1v) is 11.0. The van der Waals surface area contributed by atoms with Crippen molar-refractivity contribution in [3.63, 3.8) is 0 Å². The number of carbonyl (C=O) groups is 1. The van der Waals surface area contributed by atoms with Gasteiger partial charge in [-0.2, -0.15) is 5.26 Å². The molecule has 0 bridgehead atoms. The first-order valence-electron chi connectivity index (χ1n) is 10.2. The van der Waals surface area contributed by atoms with Gasteiger partial charge in [0.25, 0.3) is 5.91 Å². The number of halogens is 2. The third-order valence-electron chi connectivity index (χ3n) is 4.82. The Morgan fingerprint density at radius 1 is 1.18 bits per heavy atom.